The number of rotatable bonds is 14. The van der Waals surface area contributed by atoms with Gasteiger partial charge in [0.05, 0.1) is 22.3 Å². The first kappa shape index (κ1) is 49.5. The van der Waals surface area contributed by atoms with Gasteiger partial charge in [0.25, 0.3) is 0 Å². The van der Waals surface area contributed by atoms with E-state index in [0.29, 0.717) is 44.5 Å². The molecule has 0 amide bonds. The van der Waals surface area contributed by atoms with E-state index in [-0.39, 0.29) is 22.3 Å². The maximum Gasteiger partial charge on any atom is 0.336 e. The summed E-state index contributed by atoms with van der Waals surface area (Å²) in [4.78, 5) is 50.4. The van der Waals surface area contributed by atoms with Crippen LogP contribution in [-0.4, -0.2) is 44.3 Å². The number of carboxylic acid groups (broad SMARTS) is 4. The van der Waals surface area contributed by atoms with Crippen LogP contribution in [0.2, 0.25) is 0 Å². The second-order valence-corrected chi connectivity index (χ2v) is 18.9. The second kappa shape index (κ2) is 21.3. The third-order valence-electron chi connectivity index (χ3n) is 14.2. The van der Waals surface area contributed by atoms with Gasteiger partial charge in [0.15, 0.2) is 0 Å². The van der Waals surface area contributed by atoms with E-state index in [0.717, 1.165) is 66.8 Å². The Labute approximate surface area is 449 Å². The van der Waals surface area contributed by atoms with Gasteiger partial charge in [-0.15, -0.1) is 0 Å². The topological polar surface area (TPSA) is 149 Å². The van der Waals surface area contributed by atoms with Crippen molar-refractivity contribution in [1.29, 1.82) is 0 Å². The lowest BCUT2D eigenvalue weighted by Crippen LogP contribution is -2.05. The molecule has 0 spiro atoms. The Bertz CT molecular complexity index is 3770. The fraction of sp³-hybridized carbons (Fsp3) is 0. The van der Waals surface area contributed by atoms with Gasteiger partial charge in [0, 0.05) is 0 Å². The molecule has 0 unspecified atom stereocenters. The van der Waals surface area contributed by atoms with Crippen LogP contribution in [0.1, 0.15) is 41.4 Å². The molecule has 0 heterocycles. The quantitative estimate of drug-likeness (QED) is 0.0841. The SMILES string of the molecule is O=C(O)c1ccc(-c2ccc(-c3cc(-c4ccc(-c5ccccc5)cc4)c(C(=O)O)c(-c4ccc(-c5cc(-c6ccc(-c7ccc(C(=O)O)cc7)cc6)cc(-c6ccc(-c7ccccc7)cc6)c5C(=O)O)cc4)c3)cc2)cc1. The third-order valence-corrected chi connectivity index (χ3v) is 14.2. The number of aromatic carboxylic acids is 4. The molecule has 0 atom stereocenters. The summed E-state index contributed by atoms with van der Waals surface area (Å²) in [7, 11) is 0. The van der Waals surface area contributed by atoms with Crippen LogP contribution in [0.5, 0.6) is 0 Å². The monoisotopic (exact) mass is 1010 g/mol. The van der Waals surface area contributed by atoms with Gasteiger partial charge in [-0.2, -0.15) is 0 Å². The van der Waals surface area contributed by atoms with Crippen LogP contribution in [0.25, 0.3) is 111 Å². The van der Waals surface area contributed by atoms with Crippen molar-refractivity contribution in [3.05, 3.63) is 277 Å². The average Bonchev–Trinajstić information content (AvgIpc) is 3.52. The lowest BCUT2D eigenvalue weighted by Gasteiger charge is -2.18. The van der Waals surface area contributed by atoms with Gasteiger partial charge in [-0.1, -0.05) is 206 Å². The molecule has 0 aliphatic carbocycles. The van der Waals surface area contributed by atoms with Crippen LogP contribution in [0.3, 0.4) is 0 Å². The largest absolute Gasteiger partial charge is 0.478 e. The zero-order valence-electron chi connectivity index (χ0n) is 41.7. The number of benzene rings is 11. The van der Waals surface area contributed by atoms with Crippen molar-refractivity contribution in [1.82, 2.24) is 0 Å². The van der Waals surface area contributed by atoms with Gasteiger partial charge < -0.3 is 20.4 Å². The number of carboxylic acids is 4. The highest BCUT2D eigenvalue weighted by atomic mass is 16.4. The standard InChI is InChI=1S/C70H46O8/c71-67(72)57-35-23-49(24-36-57)47-11-15-51(16-12-47)59-39-61(53-27-19-45(20-28-53)43-7-3-1-4-8-43)65(69(75)76)63(41-59)55-31-33-56(34-32-55)64-42-60(52-17-13-48(14-18-52)50-25-37-58(38-26-50)68(73)74)40-62(66(64)70(77)78)54-29-21-46(22-30-54)44-9-5-2-6-10-44/h1-42H,(H,71,72)(H,73,74)(H,75,76)(H,77,78). The fourth-order valence-corrected chi connectivity index (χ4v) is 10.1. The minimum Gasteiger partial charge on any atom is -0.478 e. The van der Waals surface area contributed by atoms with Gasteiger partial charge >= 0.3 is 23.9 Å². The Balaban J connectivity index is 1.03. The molecule has 11 rings (SSSR count). The Morgan fingerprint density at radius 1 is 0.192 bits per heavy atom. The molecular weight excluding hydrogens is 969 g/mol. The van der Waals surface area contributed by atoms with Crippen molar-refractivity contribution in [2.24, 2.45) is 0 Å². The van der Waals surface area contributed by atoms with E-state index in [4.69, 9.17) is 0 Å². The Hall–Kier alpha value is -10.7. The third kappa shape index (κ3) is 10.1. The summed E-state index contributed by atoms with van der Waals surface area (Å²) in [6.07, 6.45) is 0. The van der Waals surface area contributed by atoms with Gasteiger partial charge in [-0.3, -0.25) is 0 Å². The van der Waals surface area contributed by atoms with E-state index in [9.17, 15) is 39.6 Å². The normalized spacial score (nSPS) is 11.0. The van der Waals surface area contributed by atoms with Crippen molar-refractivity contribution >= 4 is 23.9 Å². The zero-order valence-corrected chi connectivity index (χ0v) is 41.7. The molecule has 0 aliphatic rings. The van der Waals surface area contributed by atoms with Crippen molar-refractivity contribution in [3.63, 3.8) is 0 Å². The predicted molar refractivity (Wildman–Crippen MR) is 309 cm³/mol. The Morgan fingerprint density at radius 3 is 0.577 bits per heavy atom. The van der Waals surface area contributed by atoms with E-state index in [2.05, 4.69) is 0 Å². The summed E-state index contributed by atoms with van der Waals surface area (Å²) in [6.45, 7) is 0. The van der Waals surface area contributed by atoms with E-state index in [1.165, 1.54) is 0 Å². The molecule has 374 valence electrons. The molecule has 8 nitrogen and oxygen atoms in total. The highest BCUT2D eigenvalue weighted by Gasteiger charge is 2.24. The second-order valence-electron chi connectivity index (χ2n) is 18.9. The lowest BCUT2D eigenvalue weighted by atomic mass is 9.85. The molecule has 0 radical (unpaired) electrons. The number of hydrogen-bond donors (Lipinski definition) is 4. The minimum absolute atomic E-state index is 0.102. The van der Waals surface area contributed by atoms with Crippen LogP contribution in [0.15, 0.2) is 255 Å². The molecule has 0 aliphatic heterocycles. The molecular formula is C70H46O8. The lowest BCUT2D eigenvalue weighted by molar-refractivity contribution is 0.0686. The van der Waals surface area contributed by atoms with Crippen LogP contribution < -0.4 is 0 Å². The maximum atomic E-state index is 13.7. The van der Waals surface area contributed by atoms with Gasteiger partial charge in [0.2, 0.25) is 0 Å². The molecule has 4 N–H and O–H groups in total. The van der Waals surface area contributed by atoms with Gasteiger partial charge in [0.1, 0.15) is 0 Å². The van der Waals surface area contributed by atoms with Crippen LogP contribution in [-0.2, 0) is 0 Å². The van der Waals surface area contributed by atoms with Crippen LogP contribution in [0.4, 0.5) is 0 Å². The van der Waals surface area contributed by atoms with E-state index < -0.39 is 23.9 Å². The highest BCUT2D eigenvalue weighted by Crippen LogP contribution is 2.42. The molecule has 78 heavy (non-hydrogen) atoms. The molecule has 11 aromatic carbocycles. The Kier molecular flexibility index (Phi) is 13.5. The van der Waals surface area contributed by atoms with Gasteiger partial charge in [-0.05, 0) is 160 Å². The minimum atomic E-state index is -1.12. The van der Waals surface area contributed by atoms with Crippen molar-refractivity contribution in [2.45, 2.75) is 0 Å². The summed E-state index contributed by atoms with van der Waals surface area (Å²) in [6, 6.07) is 79.5. The summed E-state index contributed by atoms with van der Waals surface area (Å²) in [5.41, 5.74) is 15.8. The van der Waals surface area contributed by atoms with E-state index in [1.807, 2.05) is 206 Å². The number of hydrogen-bond acceptors (Lipinski definition) is 4. The van der Waals surface area contributed by atoms with Crippen molar-refractivity contribution in [2.75, 3.05) is 0 Å². The van der Waals surface area contributed by atoms with Crippen molar-refractivity contribution in [3.8, 4) is 111 Å². The number of carbonyl (C=O) groups is 4. The first-order valence-corrected chi connectivity index (χ1v) is 25.1. The molecule has 8 heteroatoms. The summed E-state index contributed by atoms with van der Waals surface area (Å²) in [5, 5.41) is 41.2. The van der Waals surface area contributed by atoms with E-state index >= 15 is 0 Å². The highest BCUT2D eigenvalue weighted by molar-refractivity contribution is 6.07. The first-order valence-electron chi connectivity index (χ1n) is 25.1. The van der Waals surface area contributed by atoms with Crippen LogP contribution >= 0.6 is 0 Å². The molecule has 0 saturated carbocycles. The molecule has 0 saturated heterocycles. The summed E-state index contributed by atoms with van der Waals surface area (Å²) in [5.74, 6) is -4.24. The summed E-state index contributed by atoms with van der Waals surface area (Å²) < 4.78 is 0. The van der Waals surface area contributed by atoms with Crippen LogP contribution in [0, 0.1) is 0 Å². The van der Waals surface area contributed by atoms with E-state index in [1.54, 1.807) is 48.5 Å². The average molecular weight is 1020 g/mol. The molecule has 0 bridgehead atoms. The molecule has 0 fully saturated rings. The first-order chi connectivity index (χ1) is 37.9. The molecule has 0 aromatic heterocycles. The zero-order chi connectivity index (χ0) is 53.9. The van der Waals surface area contributed by atoms with Gasteiger partial charge in [-0.25, -0.2) is 19.2 Å². The predicted octanol–water partition coefficient (Wildman–Crippen LogP) is 17.1. The Morgan fingerprint density at radius 2 is 0.372 bits per heavy atom. The molecule has 11 aromatic rings. The maximum absolute atomic E-state index is 13.7. The summed E-state index contributed by atoms with van der Waals surface area (Å²) >= 11 is 0. The smallest absolute Gasteiger partial charge is 0.336 e. The fourth-order valence-electron chi connectivity index (χ4n) is 10.1. The van der Waals surface area contributed by atoms with Crippen molar-refractivity contribution < 1.29 is 39.6 Å².